The molecule has 0 saturated heterocycles. The van der Waals surface area contributed by atoms with E-state index in [9.17, 15) is 14.4 Å². The van der Waals surface area contributed by atoms with Crippen LogP contribution in [0.4, 0.5) is 0 Å². The van der Waals surface area contributed by atoms with Crippen molar-refractivity contribution >= 4 is 17.9 Å². The van der Waals surface area contributed by atoms with Gasteiger partial charge in [0.05, 0.1) is 0 Å². The summed E-state index contributed by atoms with van der Waals surface area (Å²) in [5.41, 5.74) is 0. The molecule has 0 aliphatic heterocycles. The highest BCUT2D eigenvalue weighted by molar-refractivity contribution is 5.71. The van der Waals surface area contributed by atoms with Gasteiger partial charge in [0.1, 0.15) is 13.2 Å². The lowest BCUT2D eigenvalue weighted by Gasteiger charge is -2.18. The maximum atomic E-state index is 12.8. The zero-order chi connectivity index (χ0) is 49.3. The minimum atomic E-state index is -0.821. The van der Waals surface area contributed by atoms with Crippen LogP contribution in [-0.4, -0.2) is 37.2 Å². The lowest BCUT2D eigenvalue weighted by Crippen LogP contribution is -2.30. The third-order valence-corrected chi connectivity index (χ3v) is 11.3. The molecule has 0 fully saturated rings. The summed E-state index contributed by atoms with van der Waals surface area (Å²) in [6.07, 6.45) is 76.2. The molecule has 0 aliphatic rings. The molecular formula is C62H100O6. The molecular weight excluding hydrogens is 841 g/mol. The SMILES string of the molecule is CC\C=C/C=C\C=C/CCCCCCCCCC(=O)OCC(COC(=O)CC/C=C\C/C=C\C/C=C\C/C=C\C/C=C\C/C=C\CC)OC(=O)CCCCCCC/C=C\CCCCCCCCC. The first-order valence-electron chi connectivity index (χ1n) is 27.6. The molecule has 0 heterocycles. The van der Waals surface area contributed by atoms with Gasteiger partial charge in [-0.3, -0.25) is 14.4 Å². The molecule has 0 aromatic heterocycles. The van der Waals surface area contributed by atoms with Crippen molar-refractivity contribution < 1.29 is 28.6 Å². The number of rotatable bonds is 48. The van der Waals surface area contributed by atoms with Crippen molar-refractivity contribution in [3.63, 3.8) is 0 Å². The first-order valence-corrected chi connectivity index (χ1v) is 27.6. The molecule has 0 saturated carbocycles. The summed E-state index contributed by atoms with van der Waals surface area (Å²) in [4.78, 5) is 38.1. The van der Waals surface area contributed by atoms with Crippen LogP contribution in [0.2, 0.25) is 0 Å². The highest BCUT2D eigenvalue weighted by atomic mass is 16.6. The Morgan fingerprint density at radius 3 is 1.15 bits per heavy atom. The van der Waals surface area contributed by atoms with Crippen molar-refractivity contribution in [3.8, 4) is 0 Å². The van der Waals surface area contributed by atoms with Crippen LogP contribution in [0.5, 0.6) is 0 Å². The van der Waals surface area contributed by atoms with E-state index in [0.29, 0.717) is 19.3 Å². The minimum absolute atomic E-state index is 0.114. The number of carbonyl (C=O) groups excluding carboxylic acids is 3. The predicted molar refractivity (Wildman–Crippen MR) is 293 cm³/mol. The number of carbonyl (C=O) groups is 3. The van der Waals surface area contributed by atoms with Crippen molar-refractivity contribution in [2.75, 3.05) is 13.2 Å². The van der Waals surface area contributed by atoms with Crippen LogP contribution in [0.15, 0.2) is 122 Å². The Bertz CT molecular complexity index is 1450. The summed E-state index contributed by atoms with van der Waals surface area (Å²) in [7, 11) is 0. The molecule has 0 N–H and O–H groups in total. The summed E-state index contributed by atoms with van der Waals surface area (Å²) < 4.78 is 16.8. The van der Waals surface area contributed by atoms with Gasteiger partial charge < -0.3 is 14.2 Å². The Labute approximate surface area is 418 Å². The van der Waals surface area contributed by atoms with Gasteiger partial charge >= 0.3 is 17.9 Å². The monoisotopic (exact) mass is 941 g/mol. The van der Waals surface area contributed by atoms with E-state index in [1.54, 1.807) is 0 Å². The van der Waals surface area contributed by atoms with Crippen LogP contribution < -0.4 is 0 Å². The molecule has 0 spiro atoms. The van der Waals surface area contributed by atoms with Crippen LogP contribution in [0.3, 0.4) is 0 Å². The van der Waals surface area contributed by atoms with Gasteiger partial charge in [-0.15, -0.1) is 0 Å². The van der Waals surface area contributed by atoms with E-state index in [1.807, 2.05) is 6.08 Å². The predicted octanol–water partition coefficient (Wildman–Crippen LogP) is 18.5. The van der Waals surface area contributed by atoms with E-state index >= 15 is 0 Å². The largest absolute Gasteiger partial charge is 0.462 e. The van der Waals surface area contributed by atoms with Gasteiger partial charge in [-0.2, -0.15) is 0 Å². The highest BCUT2D eigenvalue weighted by Crippen LogP contribution is 2.14. The molecule has 384 valence electrons. The van der Waals surface area contributed by atoms with Crippen molar-refractivity contribution in [1.29, 1.82) is 0 Å². The zero-order valence-corrected chi connectivity index (χ0v) is 43.8. The maximum Gasteiger partial charge on any atom is 0.306 e. The summed E-state index contributed by atoms with van der Waals surface area (Å²) in [6.45, 7) is 6.30. The van der Waals surface area contributed by atoms with Crippen molar-refractivity contribution in [1.82, 2.24) is 0 Å². The van der Waals surface area contributed by atoms with Gasteiger partial charge in [0, 0.05) is 19.3 Å². The number of allylic oxidation sites excluding steroid dienone is 20. The lowest BCUT2D eigenvalue weighted by atomic mass is 10.1. The van der Waals surface area contributed by atoms with Crippen LogP contribution in [-0.2, 0) is 28.6 Å². The van der Waals surface area contributed by atoms with Crippen LogP contribution in [0, 0.1) is 0 Å². The van der Waals surface area contributed by atoms with Gasteiger partial charge in [0.25, 0.3) is 0 Å². The van der Waals surface area contributed by atoms with Crippen LogP contribution >= 0.6 is 0 Å². The van der Waals surface area contributed by atoms with E-state index in [4.69, 9.17) is 14.2 Å². The van der Waals surface area contributed by atoms with E-state index in [-0.39, 0.29) is 37.5 Å². The first kappa shape index (κ1) is 63.8. The van der Waals surface area contributed by atoms with Crippen molar-refractivity contribution in [2.24, 2.45) is 0 Å². The summed E-state index contributed by atoms with van der Waals surface area (Å²) in [5, 5.41) is 0. The van der Waals surface area contributed by atoms with Crippen molar-refractivity contribution in [2.45, 2.75) is 239 Å². The van der Waals surface area contributed by atoms with Gasteiger partial charge in [-0.1, -0.05) is 232 Å². The number of esters is 3. The average Bonchev–Trinajstić information content (AvgIpc) is 3.34. The Hall–Kier alpha value is -4.19. The molecule has 0 aliphatic carbocycles. The Balaban J connectivity index is 4.54. The average molecular weight is 941 g/mol. The Morgan fingerprint density at radius 1 is 0.324 bits per heavy atom. The molecule has 1 unspecified atom stereocenters. The third kappa shape index (κ3) is 52.8. The topological polar surface area (TPSA) is 78.9 Å². The fraction of sp³-hybridized carbons (Fsp3) is 0.629. The quantitative estimate of drug-likeness (QED) is 0.0199. The second-order valence-corrected chi connectivity index (χ2v) is 17.8. The van der Waals surface area contributed by atoms with Crippen LogP contribution in [0.25, 0.3) is 0 Å². The highest BCUT2D eigenvalue weighted by Gasteiger charge is 2.19. The Kier molecular flexibility index (Phi) is 52.0. The number of ether oxygens (including phenoxy) is 3. The van der Waals surface area contributed by atoms with Gasteiger partial charge in [0.15, 0.2) is 6.10 Å². The molecule has 6 heteroatoms. The molecule has 0 aromatic rings. The minimum Gasteiger partial charge on any atom is -0.462 e. The van der Waals surface area contributed by atoms with Gasteiger partial charge in [-0.05, 0) is 103 Å². The van der Waals surface area contributed by atoms with E-state index in [1.165, 1.54) is 83.5 Å². The molecule has 0 rings (SSSR count). The lowest BCUT2D eigenvalue weighted by molar-refractivity contribution is -0.166. The molecule has 68 heavy (non-hydrogen) atoms. The molecule has 0 radical (unpaired) electrons. The molecule has 0 bridgehead atoms. The second-order valence-electron chi connectivity index (χ2n) is 17.8. The second kappa shape index (κ2) is 55.4. The van der Waals surface area contributed by atoms with E-state index < -0.39 is 6.10 Å². The van der Waals surface area contributed by atoms with Crippen molar-refractivity contribution in [3.05, 3.63) is 122 Å². The molecule has 0 amide bonds. The molecule has 1 atom stereocenters. The first-order chi connectivity index (χ1) is 33.5. The maximum absolute atomic E-state index is 12.8. The Morgan fingerprint density at radius 2 is 0.676 bits per heavy atom. The van der Waals surface area contributed by atoms with Gasteiger partial charge in [0.2, 0.25) is 0 Å². The van der Waals surface area contributed by atoms with E-state index in [2.05, 4.69) is 136 Å². The third-order valence-electron chi connectivity index (χ3n) is 11.3. The molecule has 0 aromatic carbocycles. The standard InChI is InChI=1S/C62H100O6/c1-4-7-10-13-16-19-22-25-28-30-31-32-35-37-40-43-46-49-52-55-61(64)67-58-59(57-66-60(63)54-51-48-45-42-39-36-33-27-24-21-18-15-12-9-6-3)68-62(65)56-53-50-47-44-41-38-34-29-26-23-20-17-14-11-8-5-2/h7,9-10,12,15-16,18-19,21,24-25,28-29,31-32,34,37,40,46,49,59H,4-6,8,11,13-14,17,20,22-23,26-27,30,33,35-36,38-39,41-45,47-48,50-58H2,1-3H3/b10-7-,12-9-,18-15-,19-16-,24-21-,28-25-,32-31-,34-29-,40-37-,49-46-. The zero-order valence-electron chi connectivity index (χ0n) is 43.8. The number of unbranched alkanes of at least 4 members (excludes halogenated alkanes) is 19. The van der Waals surface area contributed by atoms with Gasteiger partial charge in [-0.25, -0.2) is 0 Å². The fourth-order valence-electron chi connectivity index (χ4n) is 7.17. The summed E-state index contributed by atoms with van der Waals surface area (Å²) in [6, 6.07) is 0. The number of hydrogen-bond acceptors (Lipinski definition) is 6. The normalized spacial score (nSPS) is 13.0. The number of hydrogen-bond donors (Lipinski definition) is 0. The molecule has 6 nitrogen and oxygen atoms in total. The smallest absolute Gasteiger partial charge is 0.306 e. The summed E-state index contributed by atoms with van der Waals surface area (Å²) in [5.74, 6) is -1.02. The van der Waals surface area contributed by atoms with Crippen LogP contribution in [0.1, 0.15) is 233 Å². The summed E-state index contributed by atoms with van der Waals surface area (Å²) >= 11 is 0. The van der Waals surface area contributed by atoms with E-state index in [0.717, 1.165) is 103 Å². The fourth-order valence-corrected chi connectivity index (χ4v) is 7.17.